The fourth-order valence-electron chi connectivity index (χ4n) is 3.16. The Labute approximate surface area is 171 Å². The smallest absolute Gasteiger partial charge is 0.257 e. The molecule has 2 aromatic rings. The Morgan fingerprint density at radius 3 is 2.79 bits per heavy atom. The van der Waals surface area contributed by atoms with E-state index < -0.39 is 6.10 Å². The lowest BCUT2D eigenvalue weighted by Crippen LogP contribution is -2.39. The van der Waals surface area contributed by atoms with Crippen molar-refractivity contribution in [1.29, 1.82) is 0 Å². The number of hydrogen-bond acceptors (Lipinski definition) is 6. The quantitative estimate of drug-likeness (QED) is 0.742. The zero-order valence-corrected chi connectivity index (χ0v) is 17.3. The molecule has 1 amide bonds. The van der Waals surface area contributed by atoms with E-state index in [1.807, 2.05) is 25.1 Å². The molecule has 1 aliphatic rings. The molecule has 3 rings (SSSR count). The number of aliphatic hydroxyl groups is 1. The molecule has 156 valence electrons. The van der Waals surface area contributed by atoms with Gasteiger partial charge in [-0.1, -0.05) is 12.1 Å². The summed E-state index contributed by atoms with van der Waals surface area (Å²) < 4.78 is 17.0. The third-order valence-corrected chi connectivity index (χ3v) is 4.77. The molecule has 29 heavy (non-hydrogen) atoms. The summed E-state index contributed by atoms with van der Waals surface area (Å²) in [7, 11) is 4.88. The number of hydrogen-bond donors (Lipinski definition) is 2. The summed E-state index contributed by atoms with van der Waals surface area (Å²) in [5.41, 5.74) is 2.18. The van der Waals surface area contributed by atoms with Crippen molar-refractivity contribution < 1.29 is 24.1 Å². The number of aliphatic hydroxyl groups excluding tert-OH is 1. The summed E-state index contributed by atoms with van der Waals surface area (Å²) in [5.74, 6) is 1.80. The number of rotatable bonds is 7. The molecule has 2 atom stereocenters. The van der Waals surface area contributed by atoms with Crippen LogP contribution in [-0.4, -0.2) is 62.9 Å². The van der Waals surface area contributed by atoms with E-state index >= 15 is 0 Å². The Kier molecular flexibility index (Phi) is 6.61. The molecule has 0 radical (unpaired) electrons. The number of fused-ring (bicyclic) bond motifs is 1. The SMILES string of the molecule is COc1ccc(C(O)CNCC2COc3ccc(C)cc3O2)cc1C(=O)N(C)C. The summed E-state index contributed by atoms with van der Waals surface area (Å²) in [4.78, 5) is 13.8. The first-order valence-electron chi connectivity index (χ1n) is 9.57. The maximum Gasteiger partial charge on any atom is 0.257 e. The topological polar surface area (TPSA) is 80.3 Å². The third kappa shape index (κ3) is 4.99. The predicted molar refractivity (Wildman–Crippen MR) is 110 cm³/mol. The van der Waals surface area contributed by atoms with E-state index in [1.54, 1.807) is 32.3 Å². The van der Waals surface area contributed by atoms with Crippen molar-refractivity contribution in [2.45, 2.75) is 19.1 Å². The molecule has 2 unspecified atom stereocenters. The highest BCUT2D eigenvalue weighted by molar-refractivity contribution is 5.96. The molecule has 2 aromatic carbocycles. The zero-order chi connectivity index (χ0) is 21.0. The predicted octanol–water partition coefficient (Wildman–Crippen LogP) is 2.17. The average molecular weight is 400 g/mol. The number of nitrogens with one attached hydrogen (secondary N) is 1. The van der Waals surface area contributed by atoms with Crippen LogP contribution in [0.1, 0.15) is 27.6 Å². The molecule has 7 heteroatoms. The van der Waals surface area contributed by atoms with E-state index in [2.05, 4.69) is 5.32 Å². The van der Waals surface area contributed by atoms with Crippen LogP contribution in [-0.2, 0) is 0 Å². The van der Waals surface area contributed by atoms with Crippen molar-refractivity contribution in [2.75, 3.05) is 40.9 Å². The van der Waals surface area contributed by atoms with Crippen LogP contribution in [0.15, 0.2) is 36.4 Å². The van der Waals surface area contributed by atoms with E-state index in [0.717, 1.165) is 17.1 Å². The van der Waals surface area contributed by atoms with E-state index in [9.17, 15) is 9.90 Å². The van der Waals surface area contributed by atoms with Gasteiger partial charge in [0.25, 0.3) is 5.91 Å². The highest BCUT2D eigenvalue weighted by Gasteiger charge is 2.22. The van der Waals surface area contributed by atoms with Gasteiger partial charge in [-0.25, -0.2) is 0 Å². The second kappa shape index (κ2) is 9.15. The Morgan fingerprint density at radius 2 is 2.07 bits per heavy atom. The van der Waals surface area contributed by atoms with Crippen molar-refractivity contribution in [1.82, 2.24) is 10.2 Å². The molecule has 0 spiro atoms. The molecule has 1 heterocycles. The molecule has 0 bridgehead atoms. The van der Waals surface area contributed by atoms with Crippen LogP contribution in [0, 0.1) is 6.92 Å². The number of nitrogens with zero attached hydrogens (tertiary/aromatic N) is 1. The zero-order valence-electron chi connectivity index (χ0n) is 17.3. The molecular formula is C22H28N2O5. The van der Waals surface area contributed by atoms with E-state index in [1.165, 1.54) is 12.0 Å². The summed E-state index contributed by atoms with van der Waals surface area (Å²) in [6.45, 7) is 3.31. The third-order valence-electron chi connectivity index (χ3n) is 4.77. The van der Waals surface area contributed by atoms with Gasteiger partial charge < -0.3 is 29.5 Å². The molecular weight excluding hydrogens is 372 g/mol. The largest absolute Gasteiger partial charge is 0.496 e. The summed E-state index contributed by atoms with van der Waals surface area (Å²) >= 11 is 0. The number of aryl methyl sites for hydroxylation is 1. The lowest BCUT2D eigenvalue weighted by atomic mass is 10.0. The van der Waals surface area contributed by atoms with Gasteiger partial charge in [0, 0.05) is 27.2 Å². The number of carbonyl (C=O) groups excluding carboxylic acids is 1. The van der Waals surface area contributed by atoms with Gasteiger partial charge in [-0.3, -0.25) is 4.79 Å². The van der Waals surface area contributed by atoms with Crippen molar-refractivity contribution in [3.05, 3.63) is 53.1 Å². The highest BCUT2D eigenvalue weighted by Crippen LogP contribution is 2.32. The lowest BCUT2D eigenvalue weighted by Gasteiger charge is -2.27. The number of ether oxygens (including phenoxy) is 3. The van der Waals surface area contributed by atoms with Gasteiger partial charge in [-0.05, 0) is 42.3 Å². The van der Waals surface area contributed by atoms with Crippen molar-refractivity contribution in [2.24, 2.45) is 0 Å². The molecule has 0 fully saturated rings. The Bertz CT molecular complexity index is 868. The van der Waals surface area contributed by atoms with Crippen LogP contribution in [0.2, 0.25) is 0 Å². The summed E-state index contributed by atoms with van der Waals surface area (Å²) in [6, 6.07) is 11.0. The van der Waals surface area contributed by atoms with Crippen LogP contribution < -0.4 is 19.5 Å². The fourth-order valence-corrected chi connectivity index (χ4v) is 3.16. The van der Waals surface area contributed by atoms with Gasteiger partial charge >= 0.3 is 0 Å². The fraction of sp³-hybridized carbons (Fsp3) is 0.409. The highest BCUT2D eigenvalue weighted by atomic mass is 16.6. The number of benzene rings is 2. The lowest BCUT2D eigenvalue weighted by molar-refractivity contribution is 0.0823. The second-order valence-electron chi connectivity index (χ2n) is 7.33. The van der Waals surface area contributed by atoms with Crippen LogP contribution in [0.3, 0.4) is 0 Å². The molecule has 0 aliphatic carbocycles. The summed E-state index contributed by atoms with van der Waals surface area (Å²) in [5, 5.41) is 13.8. The van der Waals surface area contributed by atoms with Crippen LogP contribution in [0.5, 0.6) is 17.2 Å². The van der Waals surface area contributed by atoms with Crippen LogP contribution >= 0.6 is 0 Å². The number of methoxy groups -OCH3 is 1. The first-order valence-corrected chi connectivity index (χ1v) is 9.57. The maximum absolute atomic E-state index is 12.4. The molecule has 1 aliphatic heterocycles. The first-order chi connectivity index (χ1) is 13.9. The van der Waals surface area contributed by atoms with Gasteiger partial charge in [0.2, 0.25) is 0 Å². The van der Waals surface area contributed by atoms with Gasteiger partial charge in [-0.15, -0.1) is 0 Å². The van der Waals surface area contributed by atoms with E-state index in [-0.39, 0.29) is 12.0 Å². The molecule has 2 N–H and O–H groups in total. The van der Waals surface area contributed by atoms with Crippen molar-refractivity contribution in [3.8, 4) is 17.2 Å². The average Bonchev–Trinajstić information content (AvgIpc) is 2.72. The molecule has 7 nitrogen and oxygen atoms in total. The molecule has 0 saturated carbocycles. The Hall–Kier alpha value is -2.77. The maximum atomic E-state index is 12.4. The van der Waals surface area contributed by atoms with Crippen molar-refractivity contribution >= 4 is 5.91 Å². The van der Waals surface area contributed by atoms with Gasteiger partial charge in [0.15, 0.2) is 11.5 Å². The summed E-state index contributed by atoms with van der Waals surface area (Å²) in [6.07, 6.45) is -0.910. The van der Waals surface area contributed by atoms with Gasteiger partial charge in [-0.2, -0.15) is 0 Å². The van der Waals surface area contributed by atoms with E-state index in [4.69, 9.17) is 14.2 Å². The minimum absolute atomic E-state index is 0.141. The van der Waals surface area contributed by atoms with Crippen molar-refractivity contribution in [3.63, 3.8) is 0 Å². The standard InChI is InChI=1S/C22H28N2O5/c1-14-5-7-20-21(9-14)29-16(13-28-20)11-23-12-18(25)15-6-8-19(27-4)17(10-15)22(26)24(2)3/h5-10,16,18,23,25H,11-13H2,1-4H3. The molecule has 0 saturated heterocycles. The monoisotopic (exact) mass is 400 g/mol. The number of amides is 1. The van der Waals surface area contributed by atoms with Crippen LogP contribution in [0.4, 0.5) is 0 Å². The Morgan fingerprint density at radius 1 is 1.28 bits per heavy atom. The van der Waals surface area contributed by atoms with Crippen LogP contribution in [0.25, 0.3) is 0 Å². The Balaban J connectivity index is 1.58. The van der Waals surface area contributed by atoms with E-state index in [0.29, 0.717) is 36.6 Å². The first kappa shape index (κ1) is 21.0. The van der Waals surface area contributed by atoms with Gasteiger partial charge in [0.1, 0.15) is 18.5 Å². The minimum Gasteiger partial charge on any atom is -0.496 e. The number of carbonyl (C=O) groups is 1. The molecule has 0 aromatic heterocycles. The van der Waals surface area contributed by atoms with Gasteiger partial charge in [0.05, 0.1) is 18.8 Å². The minimum atomic E-state index is -0.770. The second-order valence-corrected chi connectivity index (χ2v) is 7.33. The normalized spacial score (nSPS) is 16.2.